The Morgan fingerprint density at radius 2 is 1.88 bits per heavy atom. The maximum Gasteiger partial charge on any atom is 0.205 e. The molecular formula is C13H19BrFOSi. The van der Waals surface area contributed by atoms with Crippen LogP contribution in [0.1, 0.15) is 32.4 Å². The van der Waals surface area contributed by atoms with Crippen LogP contribution in [-0.4, -0.2) is 9.04 Å². The fourth-order valence-corrected chi connectivity index (χ4v) is 2.94. The molecule has 1 nitrogen and oxygen atoms in total. The Hall–Kier alpha value is -0.193. The second-order valence-electron chi connectivity index (χ2n) is 5.44. The fourth-order valence-electron chi connectivity index (χ4n) is 1.66. The summed E-state index contributed by atoms with van der Waals surface area (Å²) in [5, 5.41) is 0. The summed E-state index contributed by atoms with van der Waals surface area (Å²) in [5.41, 5.74) is 0.531. The minimum atomic E-state index is -0.868. The van der Waals surface area contributed by atoms with Crippen LogP contribution in [0, 0.1) is 11.2 Å². The average Bonchev–Trinajstić information content (AvgIpc) is 2.13. The van der Waals surface area contributed by atoms with Crippen LogP contribution in [0.25, 0.3) is 0 Å². The lowest BCUT2D eigenvalue weighted by Crippen LogP contribution is -2.26. The fraction of sp³-hybridized carbons (Fsp3) is 0.538. The van der Waals surface area contributed by atoms with Crippen molar-refractivity contribution in [1.29, 1.82) is 0 Å². The summed E-state index contributed by atoms with van der Waals surface area (Å²) in [4.78, 5) is 0. The zero-order valence-corrected chi connectivity index (χ0v) is 13.6. The lowest BCUT2D eigenvalue weighted by atomic mass is 9.84. The second kappa shape index (κ2) is 5.63. The van der Waals surface area contributed by atoms with E-state index in [1.807, 2.05) is 6.07 Å². The first-order valence-corrected chi connectivity index (χ1v) is 8.83. The monoisotopic (exact) mass is 317 g/mol. The van der Waals surface area contributed by atoms with Crippen LogP contribution in [0.2, 0.25) is 13.1 Å². The van der Waals surface area contributed by atoms with Gasteiger partial charge in [0.25, 0.3) is 0 Å². The van der Waals surface area contributed by atoms with E-state index in [1.54, 1.807) is 6.07 Å². The van der Waals surface area contributed by atoms with Crippen molar-refractivity contribution in [2.45, 2.75) is 40.0 Å². The Bertz CT molecular complexity index is 387. The quantitative estimate of drug-likeness (QED) is 0.717. The molecule has 0 spiro atoms. The van der Waals surface area contributed by atoms with Gasteiger partial charge >= 0.3 is 0 Å². The molecule has 17 heavy (non-hydrogen) atoms. The van der Waals surface area contributed by atoms with Gasteiger partial charge in [0.05, 0.1) is 6.10 Å². The van der Waals surface area contributed by atoms with Gasteiger partial charge in [-0.05, 0) is 30.6 Å². The standard InChI is InChI=1S/C13H19BrFOSi/c1-13(2,3)12(16-17(4)5)10-7-6-9(14)8-11(10)15/h6-8,12H,1-5H3. The molecule has 0 amide bonds. The van der Waals surface area contributed by atoms with Crippen molar-refractivity contribution in [2.75, 3.05) is 0 Å². The minimum Gasteiger partial charge on any atom is -0.410 e. The van der Waals surface area contributed by atoms with Gasteiger partial charge in [0, 0.05) is 10.0 Å². The average molecular weight is 318 g/mol. The summed E-state index contributed by atoms with van der Waals surface area (Å²) >= 11 is 3.27. The van der Waals surface area contributed by atoms with Crippen molar-refractivity contribution in [3.63, 3.8) is 0 Å². The van der Waals surface area contributed by atoms with Crippen LogP contribution in [-0.2, 0) is 4.43 Å². The van der Waals surface area contributed by atoms with Gasteiger partial charge < -0.3 is 4.43 Å². The Morgan fingerprint density at radius 1 is 1.29 bits per heavy atom. The van der Waals surface area contributed by atoms with E-state index in [4.69, 9.17) is 4.43 Å². The number of rotatable bonds is 3. The van der Waals surface area contributed by atoms with E-state index in [9.17, 15) is 4.39 Å². The predicted molar refractivity (Wildman–Crippen MR) is 74.9 cm³/mol. The highest BCUT2D eigenvalue weighted by Crippen LogP contribution is 2.38. The molecule has 1 aromatic rings. The summed E-state index contributed by atoms with van der Waals surface area (Å²) in [6, 6.07) is 5.16. The van der Waals surface area contributed by atoms with Gasteiger partial charge in [-0.3, -0.25) is 0 Å². The van der Waals surface area contributed by atoms with Crippen molar-refractivity contribution >= 4 is 25.0 Å². The van der Waals surface area contributed by atoms with E-state index in [1.165, 1.54) is 6.07 Å². The molecule has 0 aliphatic rings. The Morgan fingerprint density at radius 3 is 2.29 bits per heavy atom. The normalized spacial score (nSPS) is 14.1. The molecule has 95 valence electrons. The van der Waals surface area contributed by atoms with Gasteiger partial charge in [-0.25, -0.2) is 4.39 Å². The van der Waals surface area contributed by atoms with Gasteiger partial charge in [-0.15, -0.1) is 0 Å². The van der Waals surface area contributed by atoms with Crippen molar-refractivity contribution in [2.24, 2.45) is 5.41 Å². The first-order chi connectivity index (χ1) is 7.71. The number of benzene rings is 1. The molecule has 0 N–H and O–H groups in total. The third-order valence-corrected chi connectivity index (χ3v) is 3.59. The lowest BCUT2D eigenvalue weighted by molar-refractivity contribution is 0.0831. The van der Waals surface area contributed by atoms with E-state index in [2.05, 4.69) is 49.8 Å². The summed E-state index contributed by atoms with van der Waals surface area (Å²) in [6.45, 7) is 10.4. The highest BCUT2D eigenvalue weighted by atomic mass is 79.9. The van der Waals surface area contributed by atoms with Gasteiger partial charge in [-0.2, -0.15) is 0 Å². The number of hydrogen-bond acceptors (Lipinski definition) is 1. The van der Waals surface area contributed by atoms with Crippen LogP contribution < -0.4 is 0 Å². The maximum atomic E-state index is 14.0. The van der Waals surface area contributed by atoms with Crippen molar-refractivity contribution < 1.29 is 8.82 Å². The van der Waals surface area contributed by atoms with Gasteiger partial charge in [0.15, 0.2) is 0 Å². The summed E-state index contributed by atoms with van der Waals surface area (Å²) in [7, 11) is -0.868. The van der Waals surface area contributed by atoms with Gasteiger partial charge in [-0.1, -0.05) is 42.8 Å². The Balaban J connectivity index is 3.13. The van der Waals surface area contributed by atoms with Crippen molar-refractivity contribution in [3.05, 3.63) is 34.1 Å². The second-order valence-corrected chi connectivity index (χ2v) is 8.41. The largest absolute Gasteiger partial charge is 0.410 e. The summed E-state index contributed by atoms with van der Waals surface area (Å²) in [5.74, 6) is -0.206. The maximum absolute atomic E-state index is 14.0. The van der Waals surface area contributed by atoms with Crippen molar-refractivity contribution in [3.8, 4) is 0 Å². The molecule has 1 radical (unpaired) electrons. The summed E-state index contributed by atoms with van der Waals surface area (Å²) < 4.78 is 20.7. The lowest BCUT2D eigenvalue weighted by Gasteiger charge is -2.33. The number of halogens is 2. The van der Waals surface area contributed by atoms with Crippen LogP contribution in [0.4, 0.5) is 4.39 Å². The topological polar surface area (TPSA) is 9.23 Å². The molecule has 1 aromatic carbocycles. The number of hydrogen-bond donors (Lipinski definition) is 0. The van der Waals surface area contributed by atoms with Crippen LogP contribution in [0.5, 0.6) is 0 Å². The molecule has 4 heteroatoms. The molecule has 1 unspecified atom stereocenters. The molecule has 0 aliphatic heterocycles. The highest BCUT2D eigenvalue weighted by molar-refractivity contribution is 9.10. The zero-order chi connectivity index (χ0) is 13.2. The molecule has 0 saturated carbocycles. The van der Waals surface area contributed by atoms with Crippen LogP contribution in [0.3, 0.4) is 0 Å². The molecule has 1 rings (SSSR count). The Kier molecular flexibility index (Phi) is 4.92. The Labute approximate surface area is 113 Å². The van der Waals surface area contributed by atoms with Crippen LogP contribution in [0.15, 0.2) is 22.7 Å². The zero-order valence-electron chi connectivity index (χ0n) is 11.0. The molecule has 0 heterocycles. The molecule has 0 saturated heterocycles. The molecule has 0 aliphatic carbocycles. The molecule has 0 bridgehead atoms. The SMILES string of the molecule is C[Si](C)OC(c1ccc(Br)cc1F)C(C)(C)C. The molecular weight excluding hydrogens is 299 g/mol. The smallest absolute Gasteiger partial charge is 0.205 e. The van der Waals surface area contributed by atoms with E-state index in [0.29, 0.717) is 5.56 Å². The third-order valence-electron chi connectivity index (χ3n) is 2.39. The summed E-state index contributed by atoms with van der Waals surface area (Å²) in [6.07, 6.45) is -0.195. The first kappa shape index (κ1) is 14.9. The van der Waals surface area contributed by atoms with Gasteiger partial charge in [0.1, 0.15) is 5.82 Å². The minimum absolute atomic E-state index is 0.114. The molecule has 0 fully saturated rings. The van der Waals surface area contributed by atoms with E-state index in [-0.39, 0.29) is 17.3 Å². The van der Waals surface area contributed by atoms with E-state index in [0.717, 1.165) is 4.47 Å². The van der Waals surface area contributed by atoms with E-state index < -0.39 is 9.04 Å². The van der Waals surface area contributed by atoms with E-state index >= 15 is 0 Å². The molecule has 0 aromatic heterocycles. The first-order valence-electron chi connectivity index (χ1n) is 5.63. The van der Waals surface area contributed by atoms with Crippen molar-refractivity contribution in [1.82, 2.24) is 0 Å². The molecule has 1 atom stereocenters. The van der Waals surface area contributed by atoms with Crippen LogP contribution >= 0.6 is 15.9 Å². The third kappa shape index (κ3) is 4.19. The predicted octanol–water partition coefficient (Wildman–Crippen LogP) is 4.94. The highest BCUT2D eigenvalue weighted by Gasteiger charge is 2.30. The van der Waals surface area contributed by atoms with Gasteiger partial charge in [0.2, 0.25) is 9.04 Å².